The van der Waals surface area contributed by atoms with Crippen molar-refractivity contribution in [1.29, 1.82) is 0 Å². The predicted molar refractivity (Wildman–Crippen MR) is 75.9 cm³/mol. The molecule has 0 radical (unpaired) electrons. The zero-order valence-corrected chi connectivity index (χ0v) is 11.8. The molecule has 4 heteroatoms. The molecule has 1 heterocycles. The number of hydrogen-bond acceptors (Lipinski definition) is 4. The molecular weight excluding hydrogens is 240 g/mol. The Hall–Kier alpha value is -0.940. The molecule has 0 spiro atoms. The van der Waals surface area contributed by atoms with E-state index in [1.165, 1.54) is 11.1 Å². The van der Waals surface area contributed by atoms with Gasteiger partial charge in [-0.05, 0) is 23.5 Å². The van der Waals surface area contributed by atoms with Crippen LogP contribution in [0.1, 0.15) is 30.9 Å². The Balaban J connectivity index is 1.97. The van der Waals surface area contributed by atoms with Gasteiger partial charge >= 0.3 is 0 Å². The second-order valence-electron chi connectivity index (χ2n) is 5.36. The monoisotopic (exact) mass is 264 g/mol. The molecule has 1 aromatic rings. The molecule has 0 amide bonds. The van der Waals surface area contributed by atoms with Crippen molar-refractivity contribution in [1.82, 2.24) is 5.43 Å². The molecule has 4 nitrogen and oxygen atoms in total. The fraction of sp³-hybridized carbons (Fsp3) is 0.600. The van der Waals surface area contributed by atoms with Crippen molar-refractivity contribution in [3.8, 4) is 0 Å². The summed E-state index contributed by atoms with van der Waals surface area (Å²) in [4.78, 5) is 0. The first kappa shape index (κ1) is 14.5. The Kier molecular flexibility index (Phi) is 5.34. The molecule has 19 heavy (non-hydrogen) atoms. The number of nitrogens with two attached hydrogens (primary N) is 1. The van der Waals surface area contributed by atoms with Crippen LogP contribution in [0.4, 0.5) is 0 Å². The van der Waals surface area contributed by atoms with Gasteiger partial charge in [0, 0.05) is 0 Å². The van der Waals surface area contributed by atoms with Gasteiger partial charge in [0.25, 0.3) is 0 Å². The fourth-order valence-corrected chi connectivity index (χ4v) is 2.33. The normalized spacial score (nSPS) is 21.6. The van der Waals surface area contributed by atoms with E-state index in [-0.39, 0.29) is 12.1 Å². The van der Waals surface area contributed by atoms with Crippen LogP contribution in [0.3, 0.4) is 0 Å². The summed E-state index contributed by atoms with van der Waals surface area (Å²) < 4.78 is 11.1. The number of rotatable bonds is 5. The smallest absolute Gasteiger partial charge is 0.0978 e. The summed E-state index contributed by atoms with van der Waals surface area (Å²) in [5.41, 5.74) is 5.48. The lowest BCUT2D eigenvalue weighted by atomic mass is 9.97. The first-order chi connectivity index (χ1) is 9.20. The summed E-state index contributed by atoms with van der Waals surface area (Å²) in [6.07, 6.45) is 0.881. The summed E-state index contributed by atoms with van der Waals surface area (Å²) in [5.74, 6) is 6.21. The molecule has 1 aromatic carbocycles. The minimum atomic E-state index is 0.0310. The van der Waals surface area contributed by atoms with Crippen LogP contribution in [0.25, 0.3) is 0 Å². The maximum atomic E-state index is 5.70. The van der Waals surface area contributed by atoms with Crippen LogP contribution in [0.15, 0.2) is 24.3 Å². The van der Waals surface area contributed by atoms with Gasteiger partial charge in [-0.1, -0.05) is 38.1 Å². The average Bonchev–Trinajstić information content (AvgIpc) is 2.46. The third-order valence-corrected chi connectivity index (χ3v) is 3.61. The van der Waals surface area contributed by atoms with E-state index in [4.69, 9.17) is 15.3 Å². The van der Waals surface area contributed by atoms with E-state index in [1.807, 2.05) is 0 Å². The molecule has 0 bridgehead atoms. The van der Waals surface area contributed by atoms with Crippen LogP contribution in [0, 0.1) is 0 Å². The van der Waals surface area contributed by atoms with Crippen LogP contribution < -0.4 is 11.3 Å². The maximum Gasteiger partial charge on any atom is 0.0978 e. The van der Waals surface area contributed by atoms with Crippen molar-refractivity contribution in [3.05, 3.63) is 35.4 Å². The lowest BCUT2D eigenvalue weighted by Crippen LogP contribution is -2.50. The minimum Gasteiger partial charge on any atom is -0.376 e. The maximum absolute atomic E-state index is 5.70. The number of benzene rings is 1. The van der Waals surface area contributed by atoms with E-state index in [0.717, 1.165) is 6.42 Å². The second kappa shape index (κ2) is 7.01. The Bertz CT molecular complexity index is 372. The van der Waals surface area contributed by atoms with E-state index < -0.39 is 0 Å². The zero-order chi connectivity index (χ0) is 13.7. The van der Waals surface area contributed by atoms with E-state index in [9.17, 15) is 0 Å². The zero-order valence-electron chi connectivity index (χ0n) is 11.8. The van der Waals surface area contributed by atoms with Gasteiger partial charge < -0.3 is 9.47 Å². The molecule has 1 aliphatic heterocycles. The average molecular weight is 264 g/mol. The van der Waals surface area contributed by atoms with E-state index in [2.05, 4.69) is 43.5 Å². The highest BCUT2D eigenvalue weighted by Crippen LogP contribution is 2.17. The first-order valence-electron chi connectivity index (χ1n) is 6.95. The molecule has 1 saturated heterocycles. The van der Waals surface area contributed by atoms with Crippen molar-refractivity contribution in [3.63, 3.8) is 0 Å². The van der Waals surface area contributed by atoms with Gasteiger partial charge in [-0.2, -0.15) is 0 Å². The lowest BCUT2D eigenvalue weighted by Gasteiger charge is -2.30. The van der Waals surface area contributed by atoms with Gasteiger partial charge in [0.2, 0.25) is 0 Å². The Morgan fingerprint density at radius 3 is 2.53 bits per heavy atom. The van der Waals surface area contributed by atoms with Crippen LogP contribution in [0.5, 0.6) is 0 Å². The largest absolute Gasteiger partial charge is 0.376 e. The SMILES string of the molecule is CC(C)c1ccc(CC(NN)C2COCCO2)cc1. The second-order valence-corrected chi connectivity index (χ2v) is 5.36. The van der Waals surface area contributed by atoms with Gasteiger partial charge in [0.15, 0.2) is 0 Å². The van der Waals surface area contributed by atoms with E-state index >= 15 is 0 Å². The highest BCUT2D eigenvalue weighted by Gasteiger charge is 2.24. The molecule has 3 N–H and O–H groups in total. The van der Waals surface area contributed by atoms with Crippen LogP contribution >= 0.6 is 0 Å². The highest BCUT2D eigenvalue weighted by atomic mass is 16.6. The van der Waals surface area contributed by atoms with Gasteiger partial charge in [0.1, 0.15) is 0 Å². The molecule has 2 atom stereocenters. The fourth-order valence-electron chi connectivity index (χ4n) is 2.33. The van der Waals surface area contributed by atoms with Gasteiger partial charge in [-0.15, -0.1) is 0 Å². The number of ether oxygens (including phenoxy) is 2. The van der Waals surface area contributed by atoms with Crippen LogP contribution in [-0.2, 0) is 15.9 Å². The highest BCUT2D eigenvalue weighted by molar-refractivity contribution is 5.25. The molecule has 1 fully saturated rings. The van der Waals surface area contributed by atoms with Crippen molar-refractivity contribution in [2.75, 3.05) is 19.8 Å². The molecule has 2 rings (SSSR count). The Morgan fingerprint density at radius 2 is 2.00 bits per heavy atom. The summed E-state index contributed by atoms with van der Waals surface area (Å²) in [5, 5.41) is 0. The Morgan fingerprint density at radius 1 is 1.26 bits per heavy atom. The summed E-state index contributed by atoms with van der Waals surface area (Å²) >= 11 is 0. The quantitative estimate of drug-likeness (QED) is 0.626. The van der Waals surface area contributed by atoms with Crippen LogP contribution in [0.2, 0.25) is 0 Å². The summed E-state index contributed by atoms with van der Waals surface area (Å²) in [6.45, 7) is 6.34. The standard InChI is InChI=1S/C15H24N2O2/c1-11(2)13-5-3-12(4-6-13)9-14(17-16)15-10-18-7-8-19-15/h3-6,11,14-15,17H,7-10,16H2,1-2H3. The molecular formula is C15H24N2O2. The van der Waals surface area contributed by atoms with Crippen molar-refractivity contribution in [2.24, 2.45) is 5.84 Å². The van der Waals surface area contributed by atoms with Crippen molar-refractivity contribution < 1.29 is 9.47 Å². The minimum absolute atomic E-state index is 0.0310. The number of hydrogen-bond donors (Lipinski definition) is 2. The van der Waals surface area contributed by atoms with Crippen LogP contribution in [-0.4, -0.2) is 32.0 Å². The number of nitrogens with one attached hydrogen (secondary N) is 1. The molecule has 0 aromatic heterocycles. The third kappa shape index (κ3) is 4.01. The molecule has 106 valence electrons. The van der Waals surface area contributed by atoms with Gasteiger partial charge in [-0.3, -0.25) is 11.3 Å². The molecule has 0 saturated carbocycles. The van der Waals surface area contributed by atoms with Gasteiger partial charge in [-0.25, -0.2) is 0 Å². The van der Waals surface area contributed by atoms with Crippen molar-refractivity contribution >= 4 is 0 Å². The lowest BCUT2D eigenvalue weighted by molar-refractivity contribution is -0.101. The third-order valence-electron chi connectivity index (χ3n) is 3.61. The molecule has 1 aliphatic rings. The first-order valence-corrected chi connectivity index (χ1v) is 6.95. The van der Waals surface area contributed by atoms with E-state index in [1.54, 1.807) is 0 Å². The summed E-state index contributed by atoms with van der Waals surface area (Å²) in [7, 11) is 0. The van der Waals surface area contributed by atoms with Gasteiger partial charge in [0.05, 0.1) is 32.0 Å². The van der Waals surface area contributed by atoms with E-state index in [0.29, 0.717) is 25.7 Å². The molecule has 0 aliphatic carbocycles. The number of hydrazine groups is 1. The predicted octanol–water partition coefficient (Wildman–Crippen LogP) is 1.60. The Labute approximate surface area is 115 Å². The van der Waals surface area contributed by atoms with Crippen molar-refractivity contribution in [2.45, 2.75) is 38.3 Å². The molecule has 2 unspecified atom stereocenters. The topological polar surface area (TPSA) is 56.5 Å². The summed E-state index contributed by atoms with van der Waals surface area (Å²) in [6, 6.07) is 8.80.